The Morgan fingerprint density at radius 1 is 1.14 bits per heavy atom. The van der Waals surface area contributed by atoms with Gasteiger partial charge in [0.05, 0.1) is 13.7 Å². The molecule has 150 valence electrons. The minimum atomic E-state index is -0.382. The number of benzene rings is 2. The zero-order valence-corrected chi connectivity index (χ0v) is 16.8. The van der Waals surface area contributed by atoms with E-state index in [4.69, 9.17) is 4.74 Å². The summed E-state index contributed by atoms with van der Waals surface area (Å²) in [7, 11) is 3.32. The summed E-state index contributed by atoms with van der Waals surface area (Å²) in [6.45, 7) is 6.03. The number of aryl methyl sites for hydroxylation is 1. The van der Waals surface area contributed by atoms with Crippen LogP contribution in [-0.4, -0.2) is 62.6 Å². The average Bonchev–Trinajstić information content (AvgIpc) is 2.68. The second kappa shape index (κ2) is 9.06. The SMILES string of the molecule is COc1ccc(CN(C)CC(=O)N2CCN(c3cccc(C)c3)CC2)cc1F. The fourth-order valence-corrected chi connectivity index (χ4v) is 3.55. The third-order valence-corrected chi connectivity index (χ3v) is 5.07. The van der Waals surface area contributed by atoms with E-state index >= 15 is 0 Å². The summed E-state index contributed by atoms with van der Waals surface area (Å²) in [5, 5.41) is 0. The number of methoxy groups -OCH3 is 1. The van der Waals surface area contributed by atoms with Gasteiger partial charge in [-0.2, -0.15) is 0 Å². The molecule has 2 aromatic carbocycles. The topological polar surface area (TPSA) is 36.0 Å². The van der Waals surface area contributed by atoms with Gasteiger partial charge in [0, 0.05) is 38.4 Å². The van der Waals surface area contributed by atoms with Gasteiger partial charge < -0.3 is 14.5 Å². The van der Waals surface area contributed by atoms with Crippen LogP contribution in [0.3, 0.4) is 0 Å². The minimum Gasteiger partial charge on any atom is -0.494 e. The maximum atomic E-state index is 13.8. The Morgan fingerprint density at radius 3 is 2.54 bits per heavy atom. The molecule has 0 radical (unpaired) electrons. The van der Waals surface area contributed by atoms with Crippen molar-refractivity contribution in [3.05, 3.63) is 59.4 Å². The molecule has 0 bridgehead atoms. The maximum Gasteiger partial charge on any atom is 0.236 e. The Morgan fingerprint density at radius 2 is 1.89 bits per heavy atom. The maximum absolute atomic E-state index is 13.8. The summed E-state index contributed by atoms with van der Waals surface area (Å²) in [4.78, 5) is 18.8. The zero-order chi connectivity index (χ0) is 20.1. The lowest BCUT2D eigenvalue weighted by molar-refractivity contribution is -0.132. The number of halogens is 1. The molecule has 0 unspecified atom stereocenters. The first-order valence-corrected chi connectivity index (χ1v) is 9.56. The van der Waals surface area contributed by atoms with Crippen molar-refractivity contribution in [3.8, 4) is 5.75 Å². The van der Waals surface area contributed by atoms with Gasteiger partial charge in [-0.1, -0.05) is 18.2 Å². The third kappa shape index (κ3) is 5.01. The van der Waals surface area contributed by atoms with Crippen molar-refractivity contribution in [2.45, 2.75) is 13.5 Å². The van der Waals surface area contributed by atoms with Gasteiger partial charge in [-0.3, -0.25) is 9.69 Å². The summed E-state index contributed by atoms with van der Waals surface area (Å²) < 4.78 is 18.8. The van der Waals surface area contributed by atoms with E-state index < -0.39 is 0 Å². The molecule has 2 aromatic rings. The Balaban J connectivity index is 1.49. The summed E-state index contributed by atoms with van der Waals surface area (Å²) >= 11 is 0. The first-order chi connectivity index (χ1) is 13.5. The number of piperazine rings is 1. The lowest BCUT2D eigenvalue weighted by atomic mass is 10.2. The molecular formula is C22H28FN3O2. The molecular weight excluding hydrogens is 357 g/mol. The quantitative estimate of drug-likeness (QED) is 0.766. The van der Waals surface area contributed by atoms with Gasteiger partial charge in [0.1, 0.15) is 0 Å². The average molecular weight is 385 g/mol. The van der Waals surface area contributed by atoms with Crippen LogP contribution < -0.4 is 9.64 Å². The molecule has 1 fully saturated rings. The molecule has 6 heteroatoms. The molecule has 28 heavy (non-hydrogen) atoms. The molecule has 0 aromatic heterocycles. The van der Waals surface area contributed by atoms with Gasteiger partial charge in [-0.05, 0) is 49.4 Å². The highest BCUT2D eigenvalue weighted by Gasteiger charge is 2.22. The number of hydrogen-bond donors (Lipinski definition) is 0. The van der Waals surface area contributed by atoms with E-state index in [1.807, 2.05) is 22.9 Å². The van der Waals surface area contributed by atoms with Crippen molar-refractivity contribution in [1.82, 2.24) is 9.80 Å². The fourth-order valence-electron chi connectivity index (χ4n) is 3.55. The van der Waals surface area contributed by atoms with Crippen molar-refractivity contribution >= 4 is 11.6 Å². The highest BCUT2D eigenvalue weighted by atomic mass is 19.1. The van der Waals surface area contributed by atoms with Crippen LogP contribution in [-0.2, 0) is 11.3 Å². The van der Waals surface area contributed by atoms with Crippen molar-refractivity contribution in [2.75, 3.05) is 51.8 Å². The van der Waals surface area contributed by atoms with Crippen LogP contribution in [0.25, 0.3) is 0 Å². The highest BCUT2D eigenvalue weighted by molar-refractivity contribution is 5.78. The van der Waals surface area contributed by atoms with Gasteiger partial charge in [-0.25, -0.2) is 4.39 Å². The van der Waals surface area contributed by atoms with Crippen molar-refractivity contribution in [2.24, 2.45) is 0 Å². The van der Waals surface area contributed by atoms with Gasteiger partial charge in [0.2, 0.25) is 5.91 Å². The summed E-state index contributed by atoms with van der Waals surface area (Å²) in [5.74, 6) is -0.0404. The number of carbonyl (C=O) groups is 1. The lowest BCUT2D eigenvalue weighted by Gasteiger charge is -2.37. The van der Waals surface area contributed by atoms with E-state index in [9.17, 15) is 9.18 Å². The summed E-state index contributed by atoms with van der Waals surface area (Å²) in [6.07, 6.45) is 0. The van der Waals surface area contributed by atoms with Crippen LogP contribution in [0.1, 0.15) is 11.1 Å². The molecule has 5 nitrogen and oxygen atoms in total. The summed E-state index contributed by atoms with van der Waals surface area (Å²) in [5.41, 5.74) is 3.27. The largest absolute Gasteiger partial charge is 0.494 e. The van der Waals surface area contributed by atoms with Crippen LogP contribution in [0.5, 0.6) is 5.75 Å². The predicted octanol–water partition coefficient (Wildman–Crippen LogP) is 2.92. The van der Waals surface area contributed by atoms with Crippen molar-refractivity contribution in [1.29, 1.82) is 0 Å². The number of hydrogen-bond acceptors (Lipinski definition) is 4. The van der Waals surface area contributed by atoms with Crippen LogP contribution >= 0.6 is 0 Å². The highest BCUT2D eigenvalue weighted by Crippen LogP contribution is 2.19. The zero-order valence-electron chi connectivity index (χ0n) is 16.8. The molecule has 1 amide bonds. The molecule has 3 rings (SSSR count). The monoisotopic (exact) mass is 385 g/mol. The van der Waals surface area contributed by atoms with E-state index in [0.29, 0.717) is 13.1 Å². The molecule has 1 saturated heterocycles. The number of ether oxygens (including phenoxy) is 1. The standard InChI is InChI=1S/C22H28FN3O2/c1-17-5-4-6-19(13-17)25-9-11-26(12-10-25)22(27)16-24(2)15-18-7-8-21(28-3)20(23)14-18/h4-8,13-14H,9-12,15-16H2,1-3H3. The second-order valence-corrected chi connectivity index (χ2v) is 7.35. The number of anilines is 1. The Kier molecular flexibility index (Phi) is 6.52. The van der Waals surface area contributed by atoms with Crippen LogP contribution in [0.15, 0.2) is 42.5 Å². The Bertz CT molecular complexity index is 819. The van der Waals surface area contributed by atoms with E-state index in [-0.39, 0.29) is 17.5 Å². The van der Waals surface area contributed by atoms with Crippen molar-refractivity contribution in [3.63, 3.8) is 0 Å². The molecule has 1 aliphatic heterocycles. The molecule has 0 N–H and O–H groups in total. The minimum absolute atomic E-state index is 0.111. The van der Waals surface area contributed by atoms with Crippen LogP contribution in [0.4, 0.5) is 10.1 Å². The summed E-state index contributed by atoms with van der Waals surface area (Å²) in [6, 6.07) is 13.4. The number of nitrogens with zero attached hydrogens (tertiary/aromatic N) is 3. The van der Waals surface area contributed by atoms with E-state index in [2.05, 4.69) is 36.1 Å². The van der Waals surface area contributed by atoms with E-state index in [1.165, 1.54) is 24.4 Å². The predicted molar refractivity (Wildman–Crippen MR) is 109 cm³/mol. The third-order valence-electron chi connectivity index (χ3n) is 5.07. The molecule has 1 aliphatic rings. The van der Waals surface area contributed by atoms with Gasteiger partial charge in [0.25, 0.3) is 0 Å². The van der Waals surface area contributed by atoms with Gasteiger partial charge in [-0.15, -0.1) is 0 Å². The number of amides is 1. The lowest BCUT2D eigenvalue weighted by Crippen LogP contribution is -2.51. The molecule has 0 saturated carbocycles. The second-order valence-electron chi connectivity index (χ2n) is 7.35. The number of carbonyl (C=O) groups excluding carboxylic acids is 1. The molecule has 1 heterocycles. The van der Waals surface area contributed by atoms with Crippen molar-refractivity contribution < 1.29 is 13.9 Å². The number of rotatable bonds is 6. The van der Waals surface area contributed by atoms with Crippen LogP contribution in [0, 0.1) is 12.7 Å². The number of likely N-dealkylation sites (N-methyl/N-ethyl adjacent to an activating group) is 1. The normalized spacial score (nSPS) is 14.5. The first kappa shape index (κ1) is 20.1. The fraction of sp³-hybridized carbons (Fsp3) is 0.409. The van der Waals surface area contributed by atoms with Gasteiger partial charge in [0.15, 0.2) is 11.6 Å². The van der Waals surface area contributed by atoms with E-state index in [0.717, 1.165) is 31.7 Å². The van der Waals surface area contributed by atoms with E-state index in [1.54, 1.807) is 6.07 Å². The first-order valence-electron chi connectivity index (χ1n) is 9.56. The smallest absolute Gasteiger partial charge is 0.236 e. The molecule has 0 atom stereocenters. The van der Waals surface area contributed by atoms with Crippen LogP contribution in [0.2, 0.25) is 0 Å². The van der Waals surface area contributed by atoms with Gasteiger partial charge >= 0.3 is 0 Å². The Labute approximate surface area is 166 Å². The Hall–Kier alpha value is -2.60. The molecule has 0 aliphatic carbocycles. The molecule has 0 spiro atoms.